The van der Waals surface area contributed by atoms with Crippen molar-refractivity contribution < 1.29 is 9.59 Å². The van der Waals surface area contributed by atoms with Crippen LogP contribution in [0.15, 0.2) is 23.3 Å². The quantitative estimate of drug-likeness (QED) is 0.748. The van der Waals surface area contributed by atoms with E-state index < -0.39 is 0 Å². The highest BCUT2D eigenvalue weighted by atomic mass is 16.1. The van der Waals surface area contributed by atoms with E-state index in [2.05, 4.69) is 0 Å². The molecule has 2 saturated carbocycles. The largest absolute Gasteiger partial charge is 0.295 e. The van der Waals surface area contributed by atoms with Crippen molar-refractivity contribution in [3.8, 4) is 0 Å². The van der Waals surface area contributed by atoms with Gasteiger partial charge in [-0.15, -0.1) is 0 Å². The van der Waals surface area contributed by atoms with Gasteiger partial charge >= 0.3 is 0 Å². The van der Waals surface area contributed by atoms with Crippen molar-refractivity contribution in [3.05, 3.63) is 23.3 Å². The average molecular weight is 312 g/mol. The van der Waals surface area contributed by atoms with Crippen LogP contribution >= 0.6 is 0 Å². The summed E-state index contributed by atoms with van der Waals surface area (Å²) in [5.74, 6) is 2.31. The van der Waals surface area contributed by atoms with Gasteiger partial charge in [0.05, 0.1) is 0 Å². The Labute approximate surface area is 139 Å². The molecule has 0 N–H and O–H groups in total. The lowest BCUT2D eigenvalue weighted by Crippen LogP contribution is -2.22. The fourth-order valence-electron chi connectivity index (χ4n) is 5.63. The van der Waals surface area contributed by atoms with Crippen LogP contribution in [0.1, 0.15) is 70.6 Å². The highest BCUT2D eigenvalue weighted by Gasteiger charge is 2.39. The molecule has 4 atom stereocenters. The molecule has 2 fully saturated rings. The van der Waals surface area contributed by atoms with Gasteiger partial charge in [0.2, 0.25) is 0 Å². The Bertz CT molecular complexity index is 518. The third-order valence-corrected chi connectivity index (χ3v) is 6.80. The number of carbonyl (C=O) groups is 2. The number of rotatable bonds is 4. The molecule has 0 aromatic rings. The lowest BCUT2D eigenvalue weighted by atomic mass is 9.76. The van der Waals surface area contributed by atoms with Crippen molar-refractivity contribution in [1.29, 1.82) is 0 Å². The smallest absolute Gasteiger partial charge is 0.159 e. The number of hydrogen-bond acceptors (Lipinski definition) is 2. The Morgan fingerprint density at radius 3 is 1.70 bits per heavy atom. The topological polar surface area (TPSA) is 34.1 Å². The van der Waals surface area contributed by atoms with Gasteiger partial charge in [-0.1, -0.05) is 30.4 Å². The first-order valence-corrected chi connectivity index (χ1v) is 9.72. The molecule has 2 nitrogen and oxygen atoms in total. The highest BCUT2D eigenvalue weighted by Crippen LogP contribution is 2.44. The first-order chi connectivity index (χ1) is 11.2. The van der Waals surface area contributed by atoms with Gasteiger partial charge in [-0.2, -0.15) is 0 Å². The second kappa shape index (κ2) is 6.37. The summed E-state index contributed by atoms with van der Waals surface area (Å²) < 4.78 is 0. The number of fused-ring (bicyclic) bond motifs is 2. The van der Waals surface area contributed by atoms with E-state index in [4.69, 9.17) is 0 Å². The second-order valence-electron chi connectivity index (χ2n) is 8.09. The molecule has 0 aromatic heterocycles. The summed E-state index contributed by atoms with van der Waals surface area (Å²) in [6.45, 7) is 0. The van der Waals surface area contributed by atoms with E-state index in [9.17, 15) is 9.59 Å². The molecular formula is C21H28O2. The third kappa shape index (κ3) is 2.86. The summed E-state index contributed by atoms with van der Waals surface area (Å²) in [4.78, 5) is 24.6. The summed E-state index contributed by atoms with van der Waals surface area (Å²) in [5.41, 5.74) is 2.86. The molecule has 0 amide bonds. The van der Waals surface area contributed by atoms with Gasteiger partial charge in [-0.05, 0) is 75.4 Å². The van der Waals surface area contributed by atoms with Crippen LogP contribution in [-0.4, -0.2) is 11.6 Å². The van der Waals surface area contributed by atoms with Crippen LogP contribution in [0.3, 0.4) is 0 Å². The first kappa shape index (κ1) is 15.4. The fourth-order valence-corrected chi connectivity index (χ4v) is 5.63. The number of hydrogen-bond donors (Lipinski definition) is 0. The summed E-state index contributed by atoms with van der Waals surface area (Å²) in [6.07, 6.45) is 16.7. The predicted octanol–water partition coefficient (Wildman–Crippen LogP) is 4.79. The first-order valence-electron chi connectivity index (χ1n) is 9.72. The van der Waals surface area contributed by atoms with Crippen LogP contribution in [0, 0.1) is 23.7 Å². The van der Waals surface area contributed by atoms with Crippen molar-refractivity contribution in [3.63, 3.8) is 0 Å². The fraction of sp³-hybridized carbons (Fsp3) is 0.714. The highest BCUT2D eigenvalue weighted by molar-refractivity contribution is 5.96. The zero-order valence-corrected chi connectivity index (χ0v) is 14.1. The molecular weight excluding hydrogens is 284 g/mol. The van der Waals surface area contributed by atoms with E-state index in [-0.39, 0.29) is 11.8 Å². The van der Waals surface area contributed by atoms with Crippen LogP contribution in [0.5, 0.6) is 0 Å². The predicted molar refractivity (Wildman–Crippen MR) is 90.9 cm³/mol. The van der Waals surface area contributed by atoms with Crippen molar-refractivity contribution in [2.24, 2.45) is 23.7 Å². The minimum Gasteiger partial charge on any atom is -0.295 e. The molecule has 0 saturated heterocycles. The van der Waals surface area contributed by atoms with Gasteiger partial charge in [-0.25, -0.2) is 0 Å². The van der Waals surface area contributed by atoms with Gasteiger partial charge < -0.3 is 0 Å². The SMILES string of the molecule is O=C1C=C2CCCCC2C1CCCC1C(=O)C=C2CCCCC21. The van der Waals surface area contributed by atoms with E-state index in [1.807, 2.05) is 12.2 Å². The minimum absolute atomic E-state index is 0.237. The lowest BCUT2D eigenvalue weighted by molar-refractivity contribution is -0.118. The molecule has 0 aromatic carbocycles. The zero-order chi connectivity index (χ0) is 15.8. The maximum absolute atomic E-state index is 12.3. The molecule has 2 heteroatoms. The molecule has 124 valence electrons. The molecule has 0 aliphatic heterocycles. The van der Waals surface area contributed by atoms with Gasteiger partial charge in [0.15, 0.2) is 11.6 Å². The van der Waals surface area contributed by atoms with Crippen LogP contribution in [0.2, 0.25) is 0 Å². The zero-order valence-electron chi connectivity index (χ0n) is 14.1. The van der Waals surface area contributed by atoms with Gasteiger partial charge in [-0.3, -0.25) is 9.59 Å². The van der Waals surface area contributed by atoms with Crippen molar-refractivity contribution in [2.75, 3.05) is 0 Å². The minimum atomic E-state index is 0.237. The molecule has 0 heterocycles. The molecule has 0 radical (unpaired) electrons. The molecule has 4 aliphatic carbocycles. The second-order valence-corrected chi connectivity index (χ2v) is 8.09. The van der Waals surface area contributed by atoms with Crippen molar-refractivity contribution >= 4 is 11.6 Å². The van der Waals surface area contributed by atoms with Crippen LogP contribution in [0.25, 0.3) is 0 Å². The van der Waals surface area contributed by atoms with Gasteiger partial charge in [0, 0.05) is 11.8 Å². The summed E-state index contributed by atoms with van der Waals surface area (Å²) in [6, 6.07) is 0. The van der Waals surface area contributed by atoms with E-state index in [0.717, 1.165) is 32.1 Å². The summed E-state index contributed by atoms with van der Waals surface area (Å²) in [7, 11) is 0. The van der Waals surface area contributed by atoms with E-state index in [1.54, 1.807) is 0 Å². The number of allylic oxidation sites excluding steroid dienone is 4. The van der Waals surface area contributed by atoms with Crippen LogP contribution in [0.4, 0.5) is 0 Å². The molecule has 4 aliphatic rings. The van der Waals surface area contributed by atoms with Crippen LogP contribution < -0.4 is 0 Å². The molecule has 0 bridgehead atoms. The maximum atomic E-state index is 12.3. The third-order valence-electron chi connectivity index (χ3n) is 6.80. The summed E-state index contributed by atoms with van der Waals surface area (Å²) in [5, 5.41) is 0. The molecule has 4 unspecified atom stereocenters. The number of carbonyl (C=O) groups excluding carboxylic acids is 2. The standard InChI is InChI=1S/C21H28O2/c22-20-12-14-6-1-3-8-16(14)18(20)10-5-11-19-17-9-4-2-7-15(17)13-21(19)23/h12-13,16-19H,1-11H2. The number of ketones is 2. The Morgan fingerprint density at radius 1 is 0.739 bits per heavy atom. The lowest BCUT2D eigenvalue weighted by Gasteiger charge is -2.28. The van der Waals surface area contributed by atoms with Crippen molar-refractivity contribution in [2.45, 2.75) is 70.6 Å². The molecule has 23 heavy (non-hydrogen) atoms. The van der Waals surface area contributed by atoms with Crippen molar-refractivity contribution in [1.82, 2.24) is 0 Å². The van der Waals surface area contributed by atoms with Gasteiger partial charge in [0.25, 0.3) is 0 Å². The Hall–Kier alpha value is -1.18. The maximum Gasteiger partial charge on any atom is 0.159 e. The van der Waals surface area contributed by atoms with E-state index in [1.165, 1.54) is 49.7 Å². The monoisotopic (exact) mass is 312 g/mol. The Morgan fingerprint density at radius 2 is 1.22 bits per heavy atom. The molecule has 0 spiro atoms. The normalized spacial score (nSPS) is 36.5. The van der Waals surface area contributed by atoms with E-state index >= 15 is 0 Å². The van der Waals surface area contributed by atoms with Crippen LogP contribution in [-0.2, 0) is 9.59 Å². The molecule has 4 rings (SSSR count). The Balaban J connectivity index is 1.32. The average Bonchev–Trinajstić information content (AvgIpc) is 3.04. The Kier molecular flexibility index (Phi) is 4.26. The van der Waals surface area contributed by atoms with Gasteiger partial charge in [0.1, 0.15) is 0 Å². The summed E-state index contributed by atoms with van der Waals surface area (Å²) >= 11 is 0. The van der Waals surface area contributed by atoms with E-state index in [0.29, 0.717) is 23.4 Å².